The van der Waals surface area contributed by atoms with Crippen LogP contribution in [0.5, 0.6) is 0 Å². The molecule has 16 nitrogen and oxygen atoms in total. The Morgan fingerprint density at radius 1 is 0.853 bits per heavy atom. The number of pyridine rings is 1. The zero-order valence-corrected chi connectivity index (χ0v) is 44.0. The minimum Gasteiger partial charge on any atom is -0.480 e. The molecule has 4 unspecified atom stereocenters. The van der Waals surface area contributed by atoms with Gasteiger partial charge in [0.05, 0.1) is 41.9 Å². The van der Waals surface area contributed by atoms with Crippen molar-refractivity contribution < 1.29 is 48.1 Å². The second-order valence-corrected chi connectivity index (χ2v) is 21.4. The predicted octanol–water partition coefficient (Wildman–Crippen LogP) is 6.81. The van der Waals surface area contributed by atoms with Crippen LogP contribution in [0.25, 0.3) is 0 Å². The third-order valence-electron chi connectivity index (χ3n) is 13.0. The number of aliphatic carboxylic acids is 1. The van der Waals surface area contributed by atoms with E-state index in [-0.39, 0.29) is 60.2 Å². The van der Waals surface area contributed by atoms with Crippen LogP contribution < -0.4 is 10.6 Å². The molecule has 0 aliphatic carbocycles. The fourth-order valence-corrected chi connectivity index (χ4v) is 11.4. The number of methoxy groups -OCH3 is 2. The Morgan fingerprint density at radius 3 is 2.06 bits per heavy atom. The van der Waals surface area contributed by atoms with Gasteiger partial charge >= 0.3 is 12.1 Å². The largest absolute Gasteiger partial charge is 0.480 e. The maximum atomic E-state index is 14.6. The lowest BCUT2D eigenvalue weighted by molar-refractivity contribution is -0.148. The Balaban J connectivity index is 1.75. The van der Waals surface area contributed by atoms with Crippen molar-refractivity contribution in [2.45, 2.75) is 147 Å². The number of hydrogen-bond acceptors (Lipinski definition) is 12. The van der Waals surface area contributed by atoms with Gasteiger partial charge < -0.3 is 39.8 Å². The standard InChI is InChI=1S/C50H78N6O10S2/c1-14-33(8)44(38(64-12)28-41(57)56-26-20-23-37(56)45(65-13)34(9)46(58)52-36(49(61)62)27-35-21-16-15-17-22-35)54(10)48(60)42(31(4)5)53-47(59)43(32(6)7)55(11)50(63)66-29-39(30(2)3)67-68-40-24-18-19-25-51-40/h15-19,21-22,24-25,30-34,36-39,42-45H,14,20,23,26-29H2,1-13H3,(H,52,58)(H,53,59)(H,61,62)/t33-,34+,36-,37?,38+,39?,42?,43?,44-,45+/m0/s1. The predicted molar refractivity (Wildman–Crippen MR) is 267 cm³/mol. The first-order valence-electron chi connectivity index (χ1n) is 23.8. The van der Waals surface area contributed by atoms with E-state index in [0.717, 1.165) is 10.6 Å². The van der Waals surface area contributed by atoms with Crippen molar-refractivity contribution in [1.82, 2.24) is 30.3 Å². The number of carboxylic acids is 1. The average molecular weight is 987 g/mol. The number of carbonyl (C=O) groups is 6. The first-order chi connectivity index (χ1) is 32.2. The van der Waals surface area contributed by atoms with Gasteiger partial charge in [0.15, 0.2) is 0 Å². The van der Waals surface area contributed by atoms with Gasteiger partial charge in [0.25, 0.3) is 0 Å². The van der Waals surface area contributed by atoms with E-state index in [1.54, 1.807) is 52.9 Å². The molecular formula is C50H78N6O10S2. The highest BCUT2D eigenvalue weighted by Crippen LogP contribution is 2.36. The van der Waals surface area contributed by atoms with Crippen molar-refractivity contribution in [2.75, 3.05) is 41.5 Å². The number of amides is 5. The highest BCUT2D eigenvalue weighted by Gasteiger charge is 2.44. The van der Waals surface area contributed by atoms with E-state index in [1.165, 1.54) is 37.0 Å². The summed E-state index contributed by atoms with van der Waals surface area (Å²) in [7, 11) is 9.27. The van der Waals surface area contributed by atoms with Crippen molar-refractivity contribution >= 4 is 57.3 Å². The molecule has 0 spiro atoms. The van der Waals surface area contributed by atoms with E-state index in [2.05, 4.69) is 29.5 Å². The Kier molecular flexibility index (Phi) is 24.1. The minimum atomic E-state index is -1.16. The maximum absolute atomic E-state index is 14.6. The molecule has 0 bridgehead atoms. The Bertz CT molecular complexity index is 1910. The summed E-state index contributed by atoms with van der Waals surface area (Å²) in [5.74, 6) is -4.16. The van der Waals surface area contributed by atoms with Crippen LogP contribution in [0, 0.1) is 29.6 Å². The number of nitrogens with one attached hydrogen (secondary N) is 2. The molecule has 10 atom stereocenters. The second kappa shape index (κ2) is 28.3. The smallest absolute Gasteiger partial charge is 0.410 e. The molecule has 0 saturated carbocycles. The number of benzene rings is 1. The molecule has 3 N–H and O–H groups in total. The van der Waals surface area contributed by atoms with Gasteiger partial charge in [-0.15, -0.1) is 0 Å². The van der Waals surface area contributed by atoms with E-state index in [0.29, 0.717) is 25.8 Å². The number of ether oxygens (including phenoxy) is 3. The fourth-order valence-electron chi connectivity index (χ4n) is 8.76. The van der Waals surface area contributed by atoms with Crippen molar-refractivity contribution in [3.05, 3.63) is 60.3 Å². The first kappa shape index (κ1) is 57.9. The van der Waals surface area contributed by atoms with Crippen LogP contribution >= 0.6 is 21.6 Å². The van der Waals surface area contributed by atoms with Gasteiger partial charge in [-0.25, -0.2) is 14.6 Å². The van der Waals surface area contributed by atoms with Crippen LogP contribution in [0.4, 0.5) is 4.79 Å². The van der Waals surface area contributed by atoms with Crippen LogP contribution in [0.2, 0.25) is 0 Å². The third kappa shape index (κ3) is 16.4. The molecule has 1 aromatic carbocycles. The van der Waals surface area contributed by atoms with E-state index >= 15 is 0 Å². The van der Waals surface area contributed by atoms with Crippen LogP contribution in [-0.2, 0) is 44.6 Å². The molecule has 1 aromatic heterocycles. The molecule has 1 saturated heterocycles. The Labute approximate surface area is 412 Å². The number of rotatable bonds is 27. The molecule has 1 aliphatic heterocycles. The van der Waals surface area contributed by atoms with Crippen LogP contribution in [-0.4, -0.2) is 150 Å². The van der Waals surface area contributed by atoms with Gasteiger partial charge in [-0.05, 0) is 65.0 Å². The lowest BCUT2D eigenvalue weighted by Crippen LogP contribution is -2.60. The second-order valence-electron chi connectivity index (χ2n) is 18.9. The van der Waals surface area contributed by atoms with Crippen LogP contribution in [0.1, 0.15) is 93.6 Å². The molecule has 380 valence electrons. The topological polar surface area (TPSA) is 197 Å². The molecule has 1 fully saturated rings. The molecule has 1 aliphatic rings. The summed E-state index contributed by atoms with van der Waals surface area (Å²) in [6.45, 7) is 17.7. The molecule has 2 heterocycles. The lowest BCUT2D eigenvalue weighted by Gasteiger charge is -2.41. The van der Waals surface area contributed by atoms with Gasteiger partial charge in [0.2, 0.25) is 23.6 Å². The number of carbonyl (C=O) groups excluding carboxylic acids is 5. The number of hydrogen-bond donors (Lipinski definition) is 3. The lowest BCUT2D eigenvalue weighted by atomic mass is 9.89. The Hall–Kier alpha value is -4.39. The van der Waals surface area contributed by atoms with Crippen molar-refractivity contribution in [3.63, 3.8) is 0 Å². The summed E-state index contributed by atoms with van der Waals surface area (Å²) in [6.07, 6.45) is 1.53. The Morgan fingerprint density at radius 2 is 1.51 bits per heavy atom. The van der Waals surface area contributed by atoms with Crippen molar-refractivity contribution in [2.24, 2.45) is 29.6 Å². The molecule has 2 aromatic rings. The normalized spacial score (nSPS) is 17.9. The summed E-state index contributed by atoms with van der Waals surface area (Å²) < 4.78 is 17.7. The monoisotopic (exact) mass is 987 g/mol. The SMILES string of the molecule is CC[C@H](C)[C@@H]([C@@H](CC(=O)N1CCCC1[C@H](OC)[C@@H](C)C(=O)N[C@@H](Cc1ccccc1)C(=O)O)OC)N(C)C(=O)C(NC(=O)C(C(C)C)N(C)C(=O)OCC(SSc1ccccn1)C(C)C)C(C)C. The van der Waals surface area contributed by atoms with Crippen molar-refractivity contribution in [1.29, 1.82) is 0 Å². The fraction of sp³-hybridized carbons (Fsp3) is 0.660. The van der Waals surface area contributed by atoms with Crippen LogP contribution in [0.15, 0.2) is 59.8 Å². The number of nitrogens with zero attached hydrogens (tertiary/aromatic N) is 4. The number of aromatic nitrogens is 1. The number of carboxylic acid groups (broad SMARTS) is 1. The number of likely N-dealkylation sites (N-methyl/N-ethyl adjacent to an activating group) is 2. The summed E-state index contributed by atoms with van der Waals surface area (Å²) >= 11 is 0. The first-order valence-corrected chi connectivity index (χ1v) is 26.0. The molecular weight excluding hydrogens is 909 g/mol. The average Bonchev–Trinajstić information content (AvgIpc) is 3.80. The third-order valence-corrected chi connectivity index (χ3v) is 16.0. The van der Waals surface area contributed by atoms with E-state index in [4.69, 9.17) is 14.2 Å². The van der Waals surface area contributed by atoms with Gasteiger partial charge in [-0.3, -0.25) is 24.1 Å². The zero-order chi connectivity index (χ0) is 50.8. The van der Waals surface area contributed by atoms with Crippen LogP contribution in [0.3, 0.4) is 0 Å². The molecule has 5 amide bonds. The summed E-state index contributed by atoms with van der Waals surface area (Å²) in [5, 5.41) is 16.4. The number of likely N-dealkylation sites (tertiary alicyclic amines) is 1. The highest BCUT2D eigenvalue weighted by molar-refractivity contribution is 8.76. The van der Waals surface area contributed by atoms with Gasteiger partial charge in [-0.2, -0.15) is 0 Å². The summed E-state index contributed by atoms with van der Waals surface area (Å²) in [5.41, 5.74) is 0.768. The quantitative estimate of drug-likeness (QED) is 0.0791. The van der Waals surface area contributed by atoms with Gasteiger partial charge in [0.1, 0.15) is 29.8 Å². The molecule has 68 heavy (non-hydrogen) atoms. The van der Waals surface area contributed by atoms with Gasteiger partial charge in [-0.1, -0.05) is 116 Å². The molecule has 18 heteroatoms. The maximum Gasteiger partial charge on any atom is 0.410 e. The van der Waals surface area contributed by atoms with E-state index < -0.39 is 72.2 Å². The van der Waals surface area contributed by atoms with Gasteiger partial charge in [0, 0.05) is 47.5 Å². The van der Waals surface area contributed by atoms with E-state index in [9.17, 15) is 33.9 Å². The molecule has 0 radical (unpaired) electrons. The van der Waals surface area contributed by atoms with Crippen molar-refractivity contribution in [3.8, 4) is 0 Å². The zero-order valence-electron chi connectivity index (χ0n) is 42.4. The van der Waals surface area contributed by atoms with E-state index in [1.807, 2.05) is 77.9 Å². The summed E-state index contributed by atoms with van der Waals surface area (Å²) in [6, 6.07) is 10.6. The minimum absolute atomic E-state index is 0.0411. The summed E-state index contributed by atoms with van der Waals surface area (Å²) in [4.78, 5) is 91.5. The molecule has 3 rings (SSSR count). The highest BCUT2D eigenvalue weighted by atomic mass is 33.1.